The Bertz CT molecular complexity index is 727. The molecule has 0 aromatic heterocycles. The topological polar surface area (TPSA) is 17.1 Å². The van der Waals surface area contributed by atoms with E-state index in [1.54, 1.807) is 18.2 Å². The van der Waals surface area contributed by atoms with E-state index in [-0.39, 0.29) is 11.7 Å². The van der Waals surface area contributed by atoms with Gasteiger partial charge in [-0.2, -0.15) is 0 Å². The molecule has 1 aromatic carbocycles. The Morgan fingerprint density at radius 3 is 2.31 bits per heavy atom. The molecule has 0 saturated heterocycles. The van der Waals surface area contributed by atoms with Crippen LogP contribution in [0.3, 0.4) is 0 Å². The highest BCUT2D eigenvalue weighted by atomic mass is 16.1. The number of carbonyl (C=O) groups is 1. The van der Waals surface area contributed by atoms with E-state index in [4.69, 9.17) is 0 Å². The van der Waals surface area contributed by atoms with Crippen molar-refractivity contribution in [3.8, 4) is 0 Å². The molecule has 2 aliphatic rings. The second-order valence-corrected chi connectivity index (χ2v) is 5.95. The quantitative estimate of drug-likeness (QED) is 0.594. The standard InChI is InChI=1S/C16H16O.C7H8.C2H6/c1-3-6-14-12(2)9-10-16(17)15(14)11-13-7-4-5-8-13;1-7-5-3-2-4-6-7;1-2/h3-4,6-10,15H,1-2,5,11H2;2-6H,1H3;1-2H3/b14-6+;;. The Labute approximate surface area is 158 Å². The molecule has 0 heterocycles. The minimum atomic E-state index is -0.0977. The van der Waals surface area contributed by atoms with Crippen LogP contribution in [0, 0.1) is 12.8 Å². The van der Waals surface area contributed by atoms with Crippen molar-refractivity contribution in [3.05, 3.63) is 108 Å². The van der Waals surface area contributed by atoms with Crippen molar-refractivity contribution in [1.82, 2.24) is 0 Å². The first-order chi connectivity index (χ1) is 12.6. The van der Waals surface area contributed by atoms with Crippen LogP contribution >= 0.6 is 0 Å². The molecule has 1 unspecified atom stereocenters. The van der Waals surface area contributed by atoms with Gasteiger partial charge in [0, 0.05) is 0 Å². The number of ketones is 1. The summed E-state index contributed by atoms with van der Waals surface area (Å²) in [4.78, 5) is 12.0. The Morgan fingerprint density at radius 2 is 1.81 bits per heavy atom. The van der Waals surface area contributed by atoms with Crippen LogP contribution in [0.25, 0.3) is 0 Å². The lowest BCUT2D eigenvalue weighted by molar-refractivity contribution is -0.117. The van der Waals surface area contributed by atoms with E-state index in [1.165, 1.54) is 11.1 Å². The van der Waals surface area contributed by atoms with Crippen LogP contribution in [-0.2, 0) is 4.79 Å². The number of hydrogen-bond acceptors (Lipinski definition) is 1. The molecule has 0 saturated carbocycles. The van der Waals surface area contributed by atoms with Gasteiger partial charge in [0.05, 0.1) is 5.92 Å². The Balaban J connectivity index is 0.000000313. The monoisotopic (exact) mass is 346 g/mol. The molecule has 136 valence electrons. The summed E-state index contributed by atoms with van der Waals surface area (Å²) in [6.07, 6.45) is 15.2. The van der Waals surface area contributed by atoms with E-state index < -0.39 is 0 Å². The Hall–Kier alpha value is -2.67. The molecular formula is C25H30O. The molecule has 0 fully saturated rings. The third-order valence-corrected chi connectivity index (χ3v) is 4.06. The normalized spacial score (nSPS) is 19.3. The van der Waals surface area contributed by atoms with Gasteiger partial charge in [0.25, 0.3) is 0 Å². The van der Waals surface area contributed by atoms with Gasteiger partial charge in [0.2, 0.25) is 0 Å². The Kier molecular flexibility index (Phi) is 9.71. The zero-order chi connectivity index (χ0) is 19.4. The highest BCUT2D eigenvalue weighted by Gasteiger charge is 2.25. The van der Waals surface area contributed by atoms with Crippen molar-refractivity contribution in [2.45, 2.75) is 33.6 Å². The van der Waals surface area contributed by atoms with Crippen molar-refractivity contribution >= 4 is 5.78 Å². The minimum Gasteiger partial charge on any atom is -0.294 e. The van der Waals surface area contributed by atoms with Crippen LogP contribution in [0.2, 0.25) is 0 Å². The van der Waals surface area contributed by atoms with Crippen molar-refractivity contribution < 1.29 is 4.79 Å². The number of rotatable bonds is 3. The van der Waals surface area contributed by atoms with E-state index in [0.717, 1.165) is 24.0 Å². The number of hydrogen-bond donors (Lipinski definition) is 0. The van der Waals surface area contributed by atoms with Crippen LogP contribution in [0.5, 0.6) is 0 Å². The zero-order valence-corrected chi connectivity index (χ0v) is 16.2. The van der Waals surface area contributed by atoms with E-state index in [1.807, 2.05) is 38.1 Å². The van der Waals surface area contributed by atoms with Gasteiger partial charge in [0.1, 0.15) is 0 Å². The van der Waals surface area contributed by atoms with Gasteiger partial charge in [-0.3, -0.25) is 4.79 Å². The number of benzene rings is 1. The van der Waals surface area contributed by atoms with Crippen LogP contribution in [0.4, 0.5) is 0 Å². The molecule has 0 N–H and O–H groups in total. The van der Waals surface area contributed by atoms with Crippen molar-refractivity contribution in [3.63, 3.8) is 0 Å². The van der Waals surface area contributed by atoms with Crippen LogP contribution < -0.4 is 0 Å². The lowest BCUT2D eigenvalue weighted by Gasteiger charge is -2.22. The molecule has 0 aliphatic heterocycles. The average molecular weight is 347 g/mol. The van der Waals surface area contributed by atoms with Gasteiger partial charge in [0.15, 0.2) is 5.78 Å². The first kappa shape index (κ1) is 21.4. The van der Waals surface area contributed by atoms with Gasteiger partial charge in [-0.1, -0.05) is 105 Å². The highest BCUT2D eigenvalue weighted by molar-refractivity contribution is 5.97. The van der Waals surface area contributed by atoms with E-state index in [9.17, 15) is 4.79 Å². The molecule has 1 nitrogen and oxygen atoms in total. The number of allylic oxidation sites excluding steroid dienone is 10. The largest absolute Gasteiger partial charge is 0.294 e. The van der Waals surface area contributed by atoms with Gasteiger partial charge in [-0.05, 0) is 37.0 Å². The first-order valence-corrected chi connectivity index (χ1v) is 9.23. The third-order valence-electron chi connectivity index (χ3n) is 4.06. The number of carbonyl (C=O) groups excluding carboxylic acids is 1. The maximum Gasteiger partial charge on any atom is 0.163 e. The van der Waals surface area contributed by atoms with E-state index in [0.29, 0.717) is 0 Å². The summed E-state index contributed by atoms with van der Waals surface area (Å²) in [5.41, 5.74) is 4.47. The second kappa shape index (κ2) is 11.8. The molecule has 0 bridgehead atoms. The summed E-state index contributed by atoms with van der Waals surface area (Å²) in [5, 5.41) is 0. The molecule has 0 amide bonds. The molecule has 1 aromatic rings. The van der Waals surface area contributed by atoms with Crippen molar-refractivity contribution in [2.75, 3.05) is 0 Å². The van der Waals surface area contributed by atoms with Gasteiger partial charge < -0.3 is 0 Å². The molecule has 1 heteroatoms. The van der Waals surface area contributed by atoms with E-state index in [2.05, 4.69) is 50.4 Å². The third kappa shape index (κ3) is 6.68. The minimum absolute atomic E-state index is 0.0977. The van der Waals surface area contributed by atoms with Crippen molar-refractivity contribution in [1.29, 1.82) is 0 Å². The lowest BCUT2D eigenvalue weighted by Crippen LogP contribution is -2.19. The van der Waals surface area contributed by atoms with Crippen LogP contribution in [-0.4, -0.2) is 5.78 Å². The van der Waals surface area contributed by atoms with Gasteiger partial charge in [-0.15, -0.1) is 0 Å². The lowest BCUT2D eigenvalue weighted by atomic mass is 9.80. The molecular weight excluding hydrogens is 316 g/mol. The summed E-state index contributed by atoms with van der Waals surface area (Å²) >= 11 is 0. The molecule has 1 atom stereocenters. The predicted octanol–water partition coefficient (Wildman–Crippen LogP) is 6.71. The molecule has 3 rings (SSSR count). The molecule has 26 heavy (non-hydrogen) atoms. The molecule has 2 aliphatic carbocycles. The first-order valence-electron chi connectivity index (χ1n) is 9.23. The SMILES string of the molecule is C=C/C=C1\C(=C)C=CC(=O)C1CC1=CCC=C1.CC.Cc1ccccc1. The fourth-order valence-electron chi connectivity index (χ4n) is 2.76. The fraction of sp³-hybridized carbons (Fsp3) is 0.240. The maximum atomic E-state index is 12.0. The smallest absolute Gasteiger partial charge is 0.163 e. The van der Waals surface area contributed by atoms with E-state index >= 15 is 0 Å². The van der Waals surface area contributed by atoms with Gasteiger partial charge >= 0.3 is 0 Å². The summed E-state index contributed by atoms with van der Waals surface area (Å²) in [7, 11) is 0. The van der Waals surface area contributed by atoms with Gasteiger partial charge in [-0.25, -0.2) is 0 Å². The molecule has 0 spiro atoms. The summed E-state index contributed by atoms with van der Waals surface area (Å²) in [5.74, 6) is 0.0613. The summed E-state index contributed by atoms with van der Waals surface area (Å²) in [6.45, 7) is 13.8. The number of aryl methyl sites for hydroxylation is 1. The predicted molar refractivity (Wildman–Crippen MR) is 114 cm³/mol. The van der Waals surface area contributed by atoms with Crippen LogP contribution in [0.1, 0.15) is 32.3 Å². The maximum absolute atomic E-state index is 12.0. The molecule has 0 radical (unpaired) electrons. The average Bonchev–Trinajstić information content (AvgIpc) is 3.17. The summed E-state index contributed by atoms with van der Waals surface area (Å²) < 4.78 is 0. The second-order valence-electron chi connectivity index (χ2n) is 5.95. The van der Waals surface area contributed by atoms with Crippen molar-refractivity contribution in [2.24, 2.45) is 5.92 Å². The van der Waals surface area contributed by atoms with Crippen LogP contribution in [0.15, 0.2) is 103 Å². The highest BCUT2D eigenvalue weighted by Crippen LogP contribution is 2.32. The zero-order valence-electron chi connectivity index (χ0n) is 16.2. The Morgan fingerprint density at radius 1 is 1.12 bits per heavy atom. The summed E-state index contributed by atoms with van der Waals surface area (Å²) in [6, 6.07) is 10.3. The fourth-order valence-corrected chi connectivity index (χ4v) is 2.76.